The van der Waals surface area contributed by atoms with Crippen LogP contribution >= 0.6 is 0 Å². The molecule has 1 amide bonds. The van der Waals surface area contributed by atoms with E-state index in [1.165, 1.54) is 0 Å². The minimum Gasteiger partial charge on any atom is -0.379 e. The highest BCUT2D eigenvalue weighted by atomic mass is 16.7. The van der Waals surface area contributed by atoms with Gasteiger partial charge < -0.3 is 15.5 Å². The van der Waals surface area contributed by atoms with Gasteiger partial charge in [-0.05, 0) is 38.8 Å². The predicted molar refractivity (Wildman–Crippen MR) is 82.3 cm³/mol. The Bertz CT molecular complexity index is 527. The molecule has 1 aliphatic heterocycles. The number of rotatable bonds is 6. The van der Waals surface area contributed by atoms with Gasteiger partial charge in [-0.2, -0.15) is 0 Å². The highest BCUT2D eigenvalue weighted by molar-refractivity contribution is 5.94. The lowest BCUT2D eigenvalue weighted by Gasteiger charge is -2.20. The maximum atomic E-state index is 12.0. The molecule has 6 nitrogen and oxygen atoms in total. The summed E-state index contributed by atoms with van der Waals surface area (Å²) < 4.78 is 0. The van der Waals surface area contributed by atoms with Gasteiger partial charge in [0.1, 0.15) is 5.82 Å². The summed E-state index contributed by atoms with van der Waals surface area (Å²) in [5.74, 6) is 0.735. The number of aromatic nitrogens is 1. The Hall–Kier alpha value is -2.11. The molecule has 0 unspecified atom stereocenters. The number of amides is 1. The van der Waals surface area contributed by atoms with Gasteiger partial charge in [0.15, 0.2) is 0 Å². The van der Waals surface area contributed by atoms with Gasteiger partial charge in [0.05, 0.1) is 5.71 Å². The molecule has 0 fully saturated rings. The summed E-state index contributed by atoms with van der Waals surface area (Å²) in [5.41, 5.74) is 1.13. The molecule has 1 aliphatic rings. The van der Waals surface area contributed by atoms with Crippen molar-refractivity contribution in [2.75, 3.05) is 18.4 Å². The van der Waals surface area contributed by atoms with Crippen molar-refractivity contribution in [3.05, 3.63) is 23.9 Å². The van der Waals surface area contributed by atoms with E-state index in [9.17, 15) is 4.79 Å². The first-order chi connectivity index (χ1) is 9.99. The van der Waals surface area contributed by atoms with E-state index < -0.39 is 5.60 Å². The number of aryl methyl sites for hydroxylation is 1. The number of carbonyl (C=O) groups excluding carboxylic acids is 1. The predicted octanol–water partition coefficient (Wildman–Crippen LogP) is 1.86. The van der Waals surface area contributed by atoms with Crippen LogP contribution < -0.4 is 10.6 Å². The van der Waals surface area contributed by atoms with Crippen LogP contribution in [0.1, 0.15) is 32.3 Å². The third-order valence-electron chi connectivity index (χ3n) is 3.33. The Balaban J connectivity index is 1.64. The Kier molecular flexibility index (Phi) is 4.77. The van der Waals surface area contributed by atoms with E-state index in [4.69, 9.17) is 4.84 Å². The molecule has 1 atom stereocenters. The number of nitrogens with zero attached hydrogens (tertiary/aromatic N) is 2. The standard InChI is InChI=1S/C15H22N4O2/c1-11-5-6-13(18-10-11)16-7-4-8-17-14(20)15(3)9-12(2)19-21-15/h5-6,10H,4,7-9H2,1-3H3,(H,16,18)(H,17,20)/t15-/m0/s1. The first-order valence-corrected chi connectivity index (χ1v) is 7.16. The third kappa shape index (κ3) is 4.18. The zero-order valence-corrected chi connectivity index (χ0v) is 12.8. The van der Waals surface area contributed by atoms with Crippen LogP contribution in [0.4, 0.5) is 5.82 Å². The monoisotopic (exact) mass is 290 g/mol. The van der Waals surface area contributed by atoms with Crippen molar-refractivity contribution in [1.29, 1.82) is 0 Å². The fourth-order valence-corrected chi connectivity index (χ4v) is 2.12. The van der Waals surface area contributed by atoms with Crippen molar-refractivity contribution < 1.29 is 9.63 Å². The van der Waals surface area contributed by atoms with Gasteiger partial charge in [-0.3, -0.25) is 4.79 Å². The topological polar surface area (TPSA) is 75.6 Å². The Labute approximate surface area is 125 Å². The average Bonchev–Trinajstić information content (AvgIpc) is 2.81. The average molecular weight is 290 g/mol. The first kappa shape index (κ1) is 15.3. The number of pyridine rings is 1. The summed E-state index contributed by atoms with van der Waals surface area (Å²) >= 11 is 0. The number of oxime groups is 1. The van der Waals surface area contributed by atoms with E-state index >= 15 is 0 Å². The molecule has 2 heterocycles. The van der Waals surface area contributed by atoms with E-state index in [1.54, 1.807) is 6.92 Å². The first-order valence-electron chi connectivity index (χ1n) is 7.16. The maximum absolute atomic E-state index is 12.0. The molecule has 2 rings (SSSR count). The fourth-order valence-electron chi connectivity index (χ4n) is 2.12. The molecular weight excluding hydrogens is 268 g/mol. The Morgan fingerprint density at radius 1 is 1.38 bits per heavy atom. The second-order valence-corrected chi connectivity index (χ2v) is 5.58. The van der Waals surface area contributed by atoms with E-state index in [-0.39, 0.29) is 5.91 Å². The second kappa shape index (κ2) is 6.56. The second-order valence-electron chi connectivity index (χ2n) is 5.58. The molecular formula is C15H22N4O2. The van der Waals surface area contributed by atoms with Crippen molar-refractivity contribution in [3.8, 4) is 0 Å². The summed E-state index contributed by atoms with van der Waals surface area (Å²) in [6, 6.07) is 3.96. The minimum atomic E-state index is -0.851. The molecule has 21 heavy (non-hydrogen) atoms. The van der Waals surface area contributed by atoms with Crippen LogP contribution in [0, 0.1) is 6.92 Å². The summed E-state index contributed by atoms with van der Waals surface area (Å²) in [7, 11) is 0. The summed E-state index contributed by atoms with van der Waals surface area (Å²) in [6.07, 6.45) is 3.19. The SMILES string of the molecule is CC1=NO[C@](C)(C(=O)NCCCNc2ccc(C)cn2)C1. The van der Waals surface area contributed by atoms with Gasteiger partial charge in [0, 0.05) is 25.7 Å². The number of nitrogens with one attached hydrogen (secondary N) is 2. The molecule has 1 aromatic rings. The summed E-state index contributed by atoms with van der Waals surface area (Å²) in [6.45, 7) is 6.97. The van der Waals surface area contributed by atoms with Crippen LogP contribution in [-0.4, -0.2) is 35.3 Å². The normalized spacial score (nSPS) is 20.6. The minimum absolute atomic E-state index is 0.114. The number of hydrogen-bond donors (Lipinski definition) is 2. The molecule has 2 N–H and O–H groups in total. The van der Waals surface area contributed by atoms with Crippen LogP contribution in [0.3, 0.4) is 0 Å². The van der Waals surface area contributed by atoms with Gasteiger partial charge in [-0.25, -0.2) is 4.98 Å². The lowest BCUT2D eigenvalue weighted by atomic mass is 9.99. The van der Waals surface area contributed by atoms with E-state index in [2.05, 4.69) is 20.8 Å². The molecule has 1 aromatic heterocycles. The van der Waals surface area contributed by atoms with E-state index in [0.717, 1.165) is 30.1 Å². The third-order valence-corrected chi connectivity index (χ3v) is 3.33. The maximum Gasteiger partial charge on any atom is 0.267 e. The quantitative estimate of drug-likeness (QED) is 0.784. The molecule has 0 bridgehead atoms. The molecule has 0 radical (unpaired) electrons. The van der Waals surface area contributed by atoms with Crippen molar-refractivity contribution >= 4 is 17.4 Å². The molecule has 0 saturated heterocycles. The molecule has 0 saturated carbocycles. The van der Waals surface area contributed by atoms with Crippen LogP contribution in [0.2, 0.25) is 0 Å². The van der Waals surface area contributed by atoms with E-state index in [0.29, 0.717) is 13.0 Å². The van der Waals surface area contributed by atoms with E-state index in [1.807, 2.05) is 32.2 Å². The molecule has 0 spiro atoms. The van der Waals surface area contributed by atoms with Crippen molar-refractivity contribution in [2.24, 2.45) is 5.16 Å². The Morgan fingerprint density at radius 2 is 2.19 bits per heavy atom. The van der Waals surface area contributed by atoms with Crippen molar-refractivity contribution in [3.63, 3.8) is 0 Å². The number of hydrogen-bond acceptors (Lipinski definition) is 5. The molecule has 0 aromatic carbocycles. The highest BCUT2D eigenvalue weighted by Gasteiger charge is 2.40. The number of anilines is 1. The van der Waals surface area contributed by atoms with Gasteiger partial charge in [0.2, 0.25) is 5.60 Å². The van der Waals surface area contributed by atoms with Crippen LogP contribution in [0.5, 0.6) is 0 Å². The highest BCUT2D eigenvalue weighted by Crippen LogP contribution is 2.23. The smallest absolute Gasteiger partial charge is 0.267 e. The number of carbonyl (C=O) groups is 1. The van der Waals surface area contributed by atoms with Crippen LogP contribution in [0.15, 0.2) is 23.5 Å². The van der Waals surface area contributed by atoms with Crippen LogP contribution in [0.25, 0.3) is 0 Å². The lowest BCUT2D eigenvalue weighted by Crippen LogP contribution is -2.45. The van der Waals surface area contributed by atoms with Gasteiger partial charge in [-0.15, -0.1) is 0 Å². The van der Waals surface area contributed by atoms with Gasteiger partial charge in [0.25, 0.3) is 5.91 Å². The van der Waals surface area contributed by atoms with Gasteiger partial charge >= 0.3 is 0 Å². The largest absolute Gasteiger partial charge is 0.379 e. The molecule has 114 valence electrons. The van der Waals surface area contributed by atoms with Crippen molar-refractivity contribution in [1.82, 2.24) is 10.3 Å². The van der Waals surface area contributed by atoms with Crippen molar-refractivity contribution in [2.45, 2.75) is 39.2 Å². The molecule has 0 aliphatic carbocycles. The Morgan fingerprint density at radius 3 is 2.81 bits per heavy atom. The molecule has 6 heteroatoms. The fraction of sp³-hybridized carbons (Fsp3) is 0.533. The van der Waals surface area contributed by atoms with Gasteiger partial charge in [-0.1, -0.05) is 11.2 Å². The summed E-state index contributed by atoms with van der Waals surface area (Å²) in [5, 5.41) is 9.94. The zero-order valence-electron chi connectivity index (χ0n) is 12.8. The summed E-state index contributed by atoms with van der Waals surface area (Å²) in [4.78, 5) is 21.5. The zero-order chi connectivity index (χ0) is 15.3. The van der Waals surface area contributed by atoms with Crippen LogP contribution in [-0.2, 0) is 9.63 Å². The lowest BCUT2D eigenvalue weighted by molar-refractivity contribution is -0.141.